The molecule has 2 aliphatic heterocycles. The van der Waals surface area contributed by atoms with E-state index in [0.717, 1.165) is 50.7 Å². The zero-order valence-electron chi connectivity index (χ0n) is 14.2. The number of urea groups is 1. The van der Waals surface area contributed by atoms with Crippen LogP contribution in [0.2, 0.25) is 0 Å². The summed E-state index contributed by atoms with van der Waals surface area (Å²) in [6, 6.07) is 8.19. The molecule has 1 saturated carbocycles. The Morgan fingerprint density at radius 3 is 2.54 bits per heavy atom. The number of fused-ring (bicyclic) bond motifs is 2. The Kier molecular flexibility index (Phi) is 4.12. The Morgan fingerprint density at radius 1 is 1.21 bits per heavy atom. The summed E-state index contributed by atoms with van der Waals surface area (Å²) in [5, 5.41) is 6.44. The maximum atomic E-state index is 12.6. The first-order valence-electron chi connectivity index (χ1n) is 9.07. The van der Waals surface area contributed by atoms with Crippen LogP contribution in [0.1, 0.15) is 50.5 Å². The highest BCUT2D eigenvalue weighted by Crippen LogP contribution is 2.39. The van der Waals surface area contributed by atoms with Gasteiger partial charge in [-0.3, -0.25) is 0 Å². The topological polar surface area (TPSA) is 59.6 Å². The van der Waals surface area contributed by atoms with E-state index in [1.165, 1.54) is 5.56 Å². The van der Waals surface area contributed by atoms with Gasteiger partial charge in [-0.1, -0.05) is 25.0 Å². The summed E-state index contributed by atoms with van der Waals surface area (Å²) >= 11 is 0. The van der Waals surface area contributed by atoms with Crippen LogP contribution >= 0.6 is 0 Å². The van der Waals surface area contributed by atoms with Crippen LogP contribution in [0.5, 0.6) is 5.75 Å². The fraction of sp³-hybridized carbons (Fsp3) is 0.632. The number of benzene rings is 1. The van der Waals surface area contributed by atoms with Crippen molar-refractivity contribution in [3.63, 3.8) is 0 Å². The number of nitrogens with one attached hydrogen (secondary N) is 2. The first-order chi connectivity index (χ1) is 11.7. The summed E-state index contributed by atoms with van der Waals surface area (Å²) in [6.07, 6.45) is 7.98. The van der Waals surface area contributed by atoms with E-state index in [-0.39, 0.29) is 23.7 Å². The van der Waals surface area contributed by atoms with Gasteiger partial charge < -0.3 is 20.1 Å². The Labute approximate surface area is 143 Å². The normalized spacial score (nSPS) is 30.3. The Balaban J connectivity index is 1.45. The molecule has 2 saturated heterocycles. The monoisotopic (exact) mass is 330 g/mol. The molecule has 3 fully saturated rings. The molecule has 0 radical (unpaired) electrons. The van der Waals surface area contributed by atoms with Gasteiger partial charge in [-0.2, -0.15) is 0 Å². The van der Waals surface area contributed by atoms with E-state index in [2.05, 4.69) is 22.8 Å². The van der Waals surface area contributed by atoms with Gasteiger partial charge in [0.05, 0.1) is 30.9 Å². The van der Waals surface area contributed by atoms with Crippen LogP contribution < -0.4 is 15.4 Å². The van der Waals surface area contributed by atoms with Crippen molar-refractivity contribution in [2.45, 2.75) is 68.7 Å². The fourth-order valence-electron chi connectivity index (χ4n) is 4.59. The standard InChI is InChI=1S/C19H26N2O3/c1-23-14-6-4-13(5-7-14)19(10-2-3-11-19)21-18(22)20-16-12-15-8-9-17(16)24-15/h4-7,15-17H,2-3,8-12H2,1H3,(H2,20,21,22). The van der Waals surface area contributed by atoms with Crippen LogP contribution in [0.25, 0.3) is 0 Å². The second-order valence-corrected chi connectivity index (χ2v) is 7.33. The molecule has 2 N–H and O–H groups in total. The first kappa shape index (κ1) is 15.8. The summed E-state index contributed by atoms with van der Waals surface area (Å²) in [5.74, 6) is 0.843. The van der Waals surface area contributed by atoms with Crippen molar-refractivity contribution in [1.29, 1.82) is 0 Å². The van der Waals surface area contributed by atoms with Crippen molar-refractivity contribution < 1.29 is 14.3 Å². The SMILES string of the molecule is COc1ccc(C2(NC(=O)NC3CC4CCC3O4)CCCC2)cc1. The van der Waals surface area contributed by atoms with Crippen molar-refractivity contribution in [1.82, 2.24) is 10.6 Å². The number of hydrogen-bond acceptors (Lipinski definition) is 3. The van der Waals surface area contributed by atoms with Crippen LogP contribution in [-0.2, 0) is 10.3 Å². The molecule has 2 bridgehead atoms. The van der Waals surface area contributed by atoms with E-state index in [1.54, 1.807) is 7.11 Å². The first-order valence-corrected chi connectivity index (χ1v) is 9.07. The summed E-state index contributed by atoms with van der Waals surface area (Å²) in [7, 11) is 1.67. The van der Waals surface area contributed by atoms with Gasteiger partial charge in [0.2, 0.25) is 0 Å². The predicted molar refractivity (Wildman–Crippen MR) is 91.1 cm³/mol. The van der Waals surface area contributed by atoms with E-state index < -0.39 is 0 Å². The average Bonchev–Trinajstić information content (AvgIpc) is 3.32. The zero-order chi connectivity index (χ0) is 16.6. The molecule has 0 spiro atoms. The summed E-state index contributed by atoms with van der Waals surface area (Å²) in [5.41, 5.74) is 0.912. The molecule has 1 aromatic carbocycles. The van der Waals surface area contributed by atoms with E-state index in [4.69, 9.17) is 9.47 Å². The van der Waals surface area contributed by atoms with Gasteiger partial charge >= 0.3 is 6.03 Å². The number of carbonyl (C=O) groups excluding carboxylic acids is 1. The van der Waals surface area contributed by atoms with Gasteiger partial charge in [-0.25, -0.2) is 4.79 Å². The van der Waals surface area contributed by atoms with Crippen molar-refractivity contribution in [3.05, 3.63) is 29.8 Å². The molecule has 0 aromatic heterocycles. The van der Waals surface area contributed by atoms with Crippen molar-refractivity contribution in [2.24, 2.45) is 0 Å². The van der Waals surface area contributed by atoms with Gasteiger partial charge in [0, 0.05) is 0 Å². The highest BCUT2D eigenvalue weighted by molar-refractivity contribution is 5.75. The lowest BCUT2D eigenvalue weighted by Gasteiger charge is -2.32. The number of ether oxygens (including phenoxy) is 2. The molecule has 1 aromatic rings. The third-order valence-electron chi connectivity index (χ3n) is 5.88. The molecule has 4 rings (SSSR count). The number of amides is 2. The van der Waals surface area contributed by atoms with Crippen LogP contribution in [-0.4, -0.2) is 31.4 Å². The van der Waals surface area contributed by atoms with Crippen LogP contribution in [0, 0.1) is 0 Å². The molecule has 5 nitrogen and oxygen atoms in total. The lowest BCUT2D eigenvalue weighted by molar-refractivity contribution is 0.0978. The lowest BCUT2D eigenvalue weighted by atomic mass is 9.88. The number of rotatable bonds is 4. The second-order valence-electron chi connectivity index (χ2n) is 7.33. The van der Waals surface area contributed by atoms with Crippen molar-refractivity contribution >= 4 is 6.03 Å². The lowest BCUT2D eigenvalue weighted by Crippen LogP contribution is -2.52. The highest BCUT2D eigenvalue weighted by atomic mass is 16.5. The summed E-state index contributed by atoms with van der Waals surface area (Å²) in [6.45, 7) is 0. The van der Waals surface area contributed by atoms with Gasteiger partial charge in [-0.05, 0) is 49.8 Å². The van der Waals surface area contributed by atoms with Crippen LogP contribution in [0.3, 0.4) is 0 Å². The molecule has 2 amide bonds. The maximum Gasteiger partial charge on any atom is 0.315 e. The van der Waals surface area contributed by atoms with Gasteiger partial charge in [0.1, 0.15) is 5.75 Å². The molecule has 3 unspecified atom stereocenters. The minimum atomic E-state index is -0.255. The molecule has 3 aliphatic rings. The summed E-state index contributed by atoms with van der Waals surface area (Å²) < 4.78 is 11.1. The van der Waals surface area contributed by atoms with E-state index >= 15 is 0 Å². The highest BCUT2D eigenvalue weighted by Gasteiger charge is 2.43. The maximum absolute atomic E-state index is 12.6. The van der Waals surface area contributed by atoms with Crippen LogP contribution in [0.4, 0.5) is 4.79 Å². The second kappa shape index (κ2) is 6.28. The summed E-state index contributed by atoms with van der Waals surface area (Å²) in [4.78, 5) is 12.6. The quantitative estimate of drug-likeness (QED) is 0.892. The number of carbonyl (C=O) groups is 1. The molecule has 2 heterocycles. The fourth-order valence-corrected chi connectivity index (χ4v) is 4.59. The van der Waals surface area contributed by atoms with Crippen LogP contribution in [0.15, 0.2) is 24.3 Å². The Morgan fingerprint density at radius 2 is 1.96 bits per heavy atom. The van der Waals surface area contributed by atoms with Crippen molar-refractivity contribution in [3.8, 4) is 5.75 Å². The van der Waals surface area contributed by atoms with Gasteiger partial charge in [0.25, 0.3) is 0 Å². The molecule has 3 atom stereocenters. The number of hydrogen-bond donors (Lipinski definition) is 2. The molecule has 24 heavy (non-hydrogen) atoms. The third kappa shape index (κ3) is 2.86. The minimum absolute atomic E-state index is 0.0612. The van der Waals surface area contributed by atoms with E-state index in [0.29, 0.717) is 6.10 Å². The number of methoxy groups -OCH3 is 1. The Bertz CT molecular complexity index is 595. The average molecular weight is 330 g/mol. The van der Waals surface area contributed by atoms with E-state index in [9.17, 15) is 4.79 Å². The third-order valence-corrected chi connectivity index (χ3v) is 5.88. The molecule has 1 aliphatic carbocycles. The smallest absolute Gasteiger partial charge is 0.315 e. The Hall–Kier alpha value is -1.75. The zero-order valence-corrected chi connectivity index (χ0v) is 14.2. The van der Waals surface area contributed by atoms with Gasteiger partial charge in [-0.15, -0.1) is 0 Å². The van der Waals surface area contributed by atoms with E-state index in [1.807, 2.05) is 12.1 Å². The molecule has 5 heteroatoms. The molecular formula is C19H26N2O3. The largest absolute Gasteiger partial charge is 0.497 e. The van der Waals surface area contributed by atoms with Crippen molar-refractivity contribution in [2.75, 3.05) is 7.11 Å². The predicted octanol–water partition coefficient (Wildman–Crippen LogP) is 3.08. The minimum Gasteiger partial charge on any atom is -0.497 e. The molecule has 130 valence electrons. The molecular weight excluding hydrogens is 304 g/mol. The van der Waals surface area contributed by atoms with Gasteiger partial charge in [0.15, 0.2) is 0 Å².